The summed E-state index contributed by atoms with van der Waals surface area (Å²) in [4.78, 5) is 33.1. The molecule has 1 rings (SSSR count). The summed E-state index contributed by atoms with van der Waals surface area (Å²) in [5.41, 5.74) is 0. The van der Waals surface area contributed by atoms with Gasteiger partial charge in [-0.15, -0.1) is 0 Å². The zero-order chi connectivity index (χ0) is 10.9. The number of carboxylic acids is 1. The molecular formula is C7H9NO6. The first kappa shape index (κ1) is 10.6. The maximum absolute atomic E-state index is 11.1. The van der Waals surface area contributed by atoms with E-state index in [2.05, 4.69) is 0 Å². The molecule has 2 atom stereocenters. The van der Waals surface area contributed by atoms with Crippen LogP contribution in [-0.4, -0.2) is 56.8 Å². The highest BCUT2D eigenvalue weighted by Crippen LogP contribution is 2.16. The molecule has 2 amide bonds. The molecule has 1 aliphatic rings. The summed E-state index contributed by atoms with van der Waals surface area (Å²) in [6.07, 6.45) is -1.92. The number of carboxylic acid groups (broad SMARTS) is 1. The molecule has 0 aromatic rings. The number of amides is 2. The van der Waals surface area contributed by atoms with Gasteiger partial charge in [-0.3, -0.25) is 14.5 Å². The predicted octanol–water partition coefficient (Wildman–Crippen LogP) is -2.45. The lowest BCUT2D eigenvalue weighted by Crippen LogP contribution is -2.47. The molecule has 14 heavy (non-hydrogen) atoms. The quantitative estimate of drug-likeness (QED) is 0.438. The van der Waals surface area contributed by atoms with E-state index in [4.69, 9.17) is 15.3 Å². The van der Waals surface area contributed by atoms with Crippen molar-refractivity contribution in [1.29, 1.82) is 0 Å². The average Bonchev–Trinajstić information content (AvgIpc) is 2.32. The number of carbonyl (C=O) groups is 3. The lowest BCUT2D eigenvalue weighted by atomic mass is 10.3. The second-order valence-electron chi connectivity index (χ2n) is 2.86. The third-order valence-electron chi connectivity index (χ3n) is 1.93. The van der Waals surface area contributed by atoms with Gasteiger partial charge >= 0.3 is 5.97 Å². The Hall–Kier alpha value is -1.47. The normalized spacial score (nSPS) is 24.1. The molecule has 1 aliphatic heterocycles. The van der Waals surface area contributed by atoms with E-state index in [1.807, 2.05) is 0 Å². The molecule has 1 unspecified atom stereocenters. The van der Waals surface area contributed by atoms with Crippen molar-refractivity contribution in [2.24, 2.45) is 0 Å². The number of aliphatic carboxylic acids is 1. The van der Waals surface area contributed by atoms with Crippen LogP contribution < -0.4 is 0 Å². The fourth-order valence-corrected chi connectivity index (χ4v) is 1.23. The first-order chi connectivity index (χ1) is 6.49. The smallest absolute Gasteiger partial charge is 0.329 e. The van der Waals surface area contributed by atoms with Crippen molar-refractivity contribution < 1.29 is 29.7 Å². The molecule has 7 heteroatoms. The number of carbonyl (C=O) groups excluding carboxylic acids is 2. The van der Waals surface area contributed by atoms with Crippen LogP contribution in [0.3, 0.4) is 0 Å². The predicted molar refractivity (Wildman–Crippen MR) is 41.0 cm³/mol. The van der Waals surface area contributed by atoms with Crippen molar-refractivity contribution in [3.63, 3.8) is 0 Å². The van der Waals surface area contributed by atoms with E-state index in [1.165, 1.54) is 0 Å². The molecule has 0 aromatic heterocycles. The van der Waals surface area contributed by atoms with E-state index < -0.39 is 43.0 Å². The van der Waals surface area contributed by atoms with Gasteiger partial charge in [0.1, 0.15) is 6.10 Å². The van der Waals surface area contributed by atoms with Crippen LogP contribution in [0.15, 0.2) is 0 Å². The van der Waals surface area contributed by atoms with Gasteiger partial charge in [-0.05, 0) is 0 Å². The molecule has 1 heterocycles. The summed E-state index contributed by atoms with van der Waals surface area (Å²) < 4.78 is 0. The highest BCUT2D eigenvalue weighted by atomic mass is 16.4. The van der Waals surface area contributed by atoms with Crippen LogP contribution in [0, 0.1) is 0 Å². The Labute approximate surface area is 78.6 Å². The van der Waals surface area contributed by atoms with Gasteiger partial charge in [-0.25, -0.2) is 4.79 Å². The fraction of sp³-hybridized carbons (Fsp3) is 0.571. The van der Waals surface area contributed by atoms with Gasteiger partial charge in [0.2, 0.25) is 5.91 Å². The Bertz CT molecular complexity index is 288. The topological polar surface area (TPSA) is 115 Å². The summed E-state index contributed by atoms with van der Waals surface area (Å²) in [6, 6.07) is -1.60. The van der Waals surface area contributed by atoms with Gasteiger partial charge in [0.25, 0.3) is 5.91 Å². The number of nitrogens with zero attached hydrogens (tertiary/aromatic N) is 1. The van der Waals surface area contributed by atoms with E-state index in [0.29, 0.717) is 4.90 Å². The molecule has 0 aliphatic carbocycles. The number of aliphatic hydroxyl groups is 2. The minimum atomic E-state index is -1.60. The van der Waals surface area contributed by atoms with E-state index in [9.17, 15) is 14.4 Å². The van der Waals surface area contributed by atoms with Crippen molar-refractivity contribution in [1.82, 2.24) is 4.90 Å². The Morgan fingerprint density at radius 3 is 2.43 bits per heavy atom. The number of aliphatic hydroxyl groups excluding tert-OH is 2. The Balaban J connectivity index is 2.90. The number of rotatable bonds is 3. The van der Waals surface area contributed by atoms with E-state index >= 15 is 0 Å². The van der Waals surface area contributed by atoms with Gasteiger partial charge in [0.15, 0.2) is 6.04 Å². The van der Waals surface area contributed by atoms with E-state index in [1.54, 1.807) is 0 Å². The van der Waals surface area contributed by atoms with E-state index in [-0.39, 0.29) is 0 Å². The SMILES string of the molecule is O=C(O)[C@H](CO)N1C(=O)CC(O)C1=O. The number of imide groups is 1. The Morgan fingerprint density at radius 1 is 1.57 bits per heavy atom. The van der Waals surface area contributed by atoms with Crippen molar-refractivity contribution in [2.75, 3.05) is 6.61 Å². The standard InChI is InChI=1S/C7H9NO6/c9-2-3(7(13)14)8-5(11)1-4(10)6(8)12/h3-4,9-10H,1-2H2,(H,13,14)/t3-,4?/m0/s1. The monoisotopic (exact) mass is 203 g/mol. The maximum Gasteiger partial charge on any atom is 0.329 e. The molecule has 1 saturated heterocycles. The molecule has 0 aromatic carbocycles. The van der Waals surface area contributed by atoms with Crippen LogP contribution >= 0.6 is 0 Å². The number of hydrogen-bond donors (Lipinski definition) is 3. The molecule has 7 nitrogen and oxygen atoms in total. The van der Waals surface area contributed by atoms with Gasteiger partial charge in [-0.1, -0.05) is 0 Å². The van der Waals surface area contributed by atoms with Crippen LogP contribution in [0.25, 0.3) is 0 Å². The minimum Gasteiger partial charge on any atom is -0.480 e. The molecular weight excluding hydrogens is 194 g/mol. The first-order valence-corrected chi connectivity index (χ1v) is 3.86. The fourth-order valence-electron chi connectivity index (χ4n) is 1.23. The highest BCUT2D eigenvalue weighted by molar-refractivity contribution is 6.07. The van der Waals surface area contributed by atoms with E-state index in [0.717, 1.165) is 0 Å². The zero-order valence-electron chi connectivity index (χ0n) is 7.08. The molecule has 0 bridgehead atoms. The number of likely N-dealkylation sites (tertiary alicyclic amines) is 1. The lowest BCUT2D eigenvalue weighted by Gasteiger charge is -2.20. The average molecular weight is 203 g/mol. The third kappa shape index (κ3) is 1.59. The molecule has 3 N–H and O–H groups in total. The Morgan fingerprint density at radius 2 is 2.14 bits per heavy atom. The van der Waals surface area contributed by atoms with Crippen molar-refractivity contribution >= 4 is 17.8 Å². The molecule has 0 spiro atoms. The summed E-state index contributed by atoms with van der Waals surface area (Å²) >= 11 is 0. The summed E-state index contributed by atoms with van der Waals surface area (Å²) in [5, 5.41) is 26.2. The third-order valence-corrected chi connectivity index (χ3v) is 1.93. The molecule has 0 radical (unpaired) electrons. The van der Waals surface area contributed by atoms with Crippen LogP contribution in [0.1, 0.15) is 6.42 Å². The van der Waals surface area contributed by atoms with Crippen molar-refractivity contribution in [2.45, 2.75) is 18.6 Å². The Kier molecular flexibility index (Phi) is 2.82. The van der Waals surface area contributed by atoms with Crippen LogP contribution in [0.4, 0.5) is 0 Å². The van der Waals surface area contributed by atoms with Crippen LogP contribution in [-0.2, 0) is 14.4 Å². The minimum absolute atomic E-state index is 0.382. The van der Waals surface area contributed by atoms with Gasteiger partial charge in [0, 0.05) is 0 Å². The van der Waals surface area contributed by atoms with Gasteiger partial charge in [-0.2, -0.15) is 0 Å². The molecule has 0 saturated carbocycles. The largest absolute Gasteiger partial charge is 0.480 e. The lowest BCUT2D eigenvalue weighted by molar-refractivity contribution is -0.157. The highest BCUT2D eigenvalue weighted by Gasteiger charge is 2.43. The van der Waals surface area contributed by atoms with Crippen LogP contribution in [0.5, 0.6) is 0 Å². The summed E-state index contributed by atoms with van der Waals surface area (Å²) in [6.45, 7) is -0.862. The summed E-state index contributed by atoms with van der Waals surface area (Å²) in [7, 11) is 0. The van der Waals surface area contributed by atoms with Crippen molar-refractivity contribution in [3.8, 4) is 0 Å². The first-order valence-electron chi connectivity index (χ1n) is 3.86. The summed E-state index contributed by atoms with van der Waals surface area (Å²) in [5.74, 6) is -3.25. The van der Waals surface area contributed by atoms with Gasteiger partial charge < -0.3 is 15.3 Å². The number of hydrogen-bond acceptors (Lipinski definition) is 5. The molecule has 78 valence electrons. The second-order valence-corrected chi connectivity index (χ2v) is 2.86. The van der Waals surface area contributed by atoms with Crippen LogP contribution in [0.2, 0.25) is 0 Å². The van der Waals surface area contributed by atoms with Crippen molar-refractivity contribution in [3.05, 3.63) is 0 Å². The zero-order valence-corrected chi connectivity index (χ0v) is 7.08. The maximum atomic E-state index is 11.1. The second kappa shape index (κ2) is 3.72. The molecule has 1 fully saturated rings. The van der Waals surface area contributed by atoms with Gasteiger partial charge in [0.05, 0.1) is 13.0 Å².